The van der Waals surface area contributed by atoms with Crippen molar-refractivity contribution < 1.29 is 63.6 Å². The number of hydrogen-bond donors (Lipinski definition) is 14. The number of nitrogens with two attached hydrogens (primary N) is 4. The maximum absolute atomic E-state index is 13.6. The number of rotatable bonds is 26. The Hall–Kier alpha value is -5.62. The van der Waals surface area contributed by atoms with Gasteiger partial charge in [-0.05, 0) is 39.0 Å². The number of carboxylic acid groups (broad SMARTS) is 2. The van der Waals surface area contributed by atoms with E-state index in [0.717, 1.165) is 6.92 Å². The van der Waals surface area contributed by atoms with Crippen LogP contribution in [-0.4, -0.2) is 141 Å². The molecule has 0 heterocycles. The van der Waals surface area contributed by atoms with Gasteiger partial charge in [0.1, 0.15) is 36.3 Å². The van der Waals surface area contributed by atoms with Crippen molar-refractivity contribution >= 4 is 59.2 Å². The van der Waals surface area contributed by atoms with E-state index < -0.39 is 133 Å². The molecule has 0 saturated carbocycles. The van der Waals surface area contributed by atoms with Crippen LogP contribution in [0, 0.1) is 5.92 Å². The summed E-state index contributed by atoms with van der Waals surface area (Å²) < 4.78 is 0. The van der Waals surface area contributed by atoms with Gasteiger partial charge in [0.15, 0.2) is 5.96 Å². The third-order valence-electron chi connectivity index (χ3n) is 8.02. The third kappa shape index (κ3) is 18.8. The monoisotopic (exact) mass is 789 g/mol. The highest BCUT2D eigenvalue weighted by Gasteiger charge is 2.36. The normalized spacial score (nSPS) is 15.8. The third-order valence-corrected chi connectivity index (χ3v) is 8.02. The lowest BCUT2D eigenvalue weighted by molar-refractivity contribution is -0.142. The lowest BCUT2D eigenvalue weighted by Gasteiger charge is -2.30. The Bertz CT molecular complexity index is 1410. The average Bonchev–Trinajstić information content (AvgIpc) is 3.09. The number of hydrogen-bond acceptors (Lipinski definition) is 13. The van der Waals surface area contributed by atoms with Gasteiger partial charge in [0.25, 0.3) is 0 Å². The fraction of sp³-hybridized carbons (Fsp3) is 0.677. The first-order valence-corrected chi connectivity index (χ1v) is 17.2. The van der Waals surface area contributed by atoms with Gasteiger partial charge in [-0.25, -0.2) is 0 Å². The number of guanidine groups is 1. The van der Waals surface area contributed by atoms with E-state index in [1.54, 1.807) is 13.8 Å². The minimum atomic E-state index is -1.82. The van der Waals surface area contributed by atoms with Crippen molar-refractivity contribution in [3.05, 3.63) is 0 Å². The van der Waals surface area contributed by atoms with Crippen LogP contribution in [0.5, 0.6) is 0 Å². The Labute approximate surface area is 316 Å². The van der Waals surface area contributed by atoms with Gasteiger partial charge in [0.2, 0.25) is 41.4 Å². The summed E-state index contributed by atoms with van der Waals surface area (Å²) in [6, 6.07) is -10.8. The number of carbonyl (C=O) groups excluding carboxylic acids is 7. The Balaban J connectivity index is 6.11. The molecule has 0 unspecified atom stereocenters. The van der Waals surface area contributed by atoms with Crippen LogP contribution < -0.4 is 54.8 Å². The second-order valence-corrected chi connectivity index (χ2v) is 12.7. The standard InChI is InChI=1S/C31H55N11O13/c1-5-13(2)22(28(52)39-17(7-6-10-36-31(34)35)25(49)37-14(3)30(54)55)41-29(53)23(15(4)44)42-27(51)19(12-43)40-26(50)18(8-9-20(33)45)38-24(48)16(32)11-21(46)47/h13-19,22-23,43-44H,5-12,32H2,1-4H3,(H2,33,45)(H,37,49)(H,38,48)(H,39,52)(H,40,50)(H,41,53)(H,42,51)(H,46,47)(H,54,55)(H4,34,35,36)/t13-,14-,15+,16-,17-,18-,19-,22-,23-/m0/s1. The number of aliphatic hydroxyl groups is 2. The zero-order valence-electron chi connectivity index (χ0n) is 31.1. The SMILES string of the molecule is CC[C@H](C)[C@H](NC(=O)[C@@H](NC(=O)[C@H](CO)NC(=O)[C@H](CCC(N)=O)NC(=O)[C@@H](N)CC(=O)O)[C@@H](C)O)C(=O)N[C@@H](CCCN=C(N)N)C(=O)N[C@@H](C)C(=O)O. The molecular formula is C31H55N11O13. The Morgan fingerprint density at radius 3 is 1.65 bits per heavy atom. The van der Waals surface area contributed by atoms with E-state index in [1.807, 2.05) is 0 Å². The second-order valence-electron chi connectivity index (χ2n) is 12.7. The maximum Gasteiger partial charge on any atom is 0.325 e. The highest BCUT2D eigenvalue weighted by atomic mass is 16.4. The smallest absolute Gasteiger partial charge is 0.325 e. The first-order valence-electron chi connectivity index (χ1n) is 17.2. The van der Waals surface area contributed by atoms with E-state index in [4.69, 9.17) is 28.0 Å². The molecule has 24 nitrogen and oxygen atoms in total. The van der Waals surface area contributed by atoms with E-state index in [9.17, 15) is 58.5 Å². The van der Waals surface area contributed by atoms with Crippen LogP contribution >= 0.6 is 0 Å². The van der Waals surface area contributed by atoms with Crippen LogP contribution in [0.3, 0.4) is 0 Å². The van der Waals surface area contributed by atoms with E-state index in [-0.39, 0.29) is 25.3 Å². The minimum Gasteiger partial charge on any atom is -0.481 e. The molecule has 24 heteroatoms. The molecule has 0 rings (SSSR count). The average molecular weight is 790 g/mol. The number of aliphatic carboxylic acids is 2. The van der Waals surface area contributed by atoms with E-state index in [1.165, 1.54) is 6.92 Å². The molecule has 0 aliphatic rings. The predicted molar refractivity (Wildman–Crippen MR) is 192 cm³/mol. The zero-order chi connectivity index (χ0) is 42.6. The van der Waals surface area contributed by atoms with Gasteiger partial charge < -0.3 is 75.3 Å². The molecule has 18 N–H and O–H groups in total. The Morgan fingerprint density at radius 2 is 1.16 bits per heavy atom. The zero-order valence-corrected chi connectivity index (χ0v) is 31.1. The molecule has 0 radical (unpaired) electrons. The van der Waals surface area contributed by atoms with Crippen molar-refractivity contribution in [3.8, 4) is 0 Å². The summed E-state index contributed by atoms with van der Waals surface area (Å²) in [5.74, 6) is -10.7. The molecule has 0 bridgehead atoms. The number of nitrogens with one attached hydrogen (secondary N) is 6. The lowest BCUT2D eigenvalue weighted by Crippen LogP contribution is -2.63. The number of amides is 7. The van der Waals surface area contributed by atoms with Gasteiger partial charge in [0, 0.05) is 13.0 Å². The summed E-state index contributed by atoms with van der Waals surface area (Å²) in [7, 11) is 0. The summed E-state index contributed by atoms with van der Waals surface area (Å²) in [4.78, 5) is 116. The van der Waals surface area contributed by atoms with Gasteiger partial charge >= 0.3 is 11.9 Å². The summed E-state index contributed by atoms with van der Waals surface area (Å²) in [5, 5.41) is 52.1. The summed E-state index contributed by atoms with van der Waals surface area (Å²) in [6.07, 6.45) is -2.87. The largest absolute Gasteiger partial charge is 0.481 e. The number of nitrogens with zero attached hydrogens (tertiary/aromatic N) is 1. The first-order chi connectivity index (χ1) is 25.5. The molecule has 55 heavy (non-hydrogen) atoms. The number of aliphatic hydroxyl groups excluding tert-OH is 2. The van der Waals surface area contributed by atoms with Gasteiger partial charge in [-0.3, -0.25) is 48.1 Å². The van der Waals surface area contributed by atoms with Crippen LogP contribution in [-0.2, 0) is 43.2 Å². The number of carboxylic acids is 2. The molecule has 0 aliphatic carbocycles. The number of carbonyl (C=O) groups is 9. The van der Waals surface area contributed by atoms with Gasteiger partial charge in [-0.1, -0.05) is 20.3 Å². The molecule has 0 spiro atoms. The van der Waals surface area contributed by atoms with Crippen molar-refractivity contribution in [2.75, 3.05) is 13.2 Å². The van der Waals surface area contributed by atoms with Crippen molar-refractivity contribution in [2.24, 2.45) is 33.8 Å². The highest BCUT2D eigenvalue weighted by Crippen LogP contribution is 2.11. The Morgan fingerprint density at radius 1 is 0.673 bits per heavy atom. The van der Waals surface area contributed by atoms with E-state index >= 15 is 0 Å². The van der Waals surface area contributed by atoms with Gasteiger partial charge in [0.05, 0.1) is 25.2 Å². The van der Waals surface area contributed by atoms with Crippen LogP contribution in [0.4, 0.5) is 0 Å². The fourth-order valence-electron chi connectivity index (χ4n) is 4.60. The fourth-order valence-corrected chi connectivity index (χ4v) is 4.60. The highest BCUT2D eigenvalue weighted by molar-refractivity contribution is 5.97. The summed E-state index contributed by atoms with van der Waals surface area (Å²) >= 11 is 0. The molecule has 9 atom stereocenters. The topological polar surface area (TPSA) is 423 Å². The molecule has 0 aliphatic heterocycles. The number of aliphatic imine (C=N–C) groups is 1. The molecule has 0 aromatic rings. The van der Waals surface area contributed by atoms with Crippen LogP contribution in [0.15, 0.2) is 4.99 Å². The van der Waals surface area contributed by atoms with Crippen molar-refractivity contribution in [3.63, 3.8) is 0 Å². The molecule has 7 amide bonds. The van der Waals surface area contributed by atoms with Crippen LogP contribution in [0.25, 0.3) is 0 Å². The lowest BCUT2D eigenvalue weighted by atomic mass is 9.96. The molecule has 0 aromatic heterocycles. The quantitative estimate of drug-likeness (QED) is 0.0220. The minimum absolute atomic E-state index is 0.0509. The van der Waals surface area contributed by atoms with Crippen LogP contribution in [0.2, 0.25) is 0 Å². The molecule has 312 valence electrons. The van der Waals surface area contributed by atoms with Gasteiger partial charge in [-0.2, -0.15) is 0 Å². The van der Waals surface area contributed by atoms with Gasteiger partial charge in [-0.15, -0.1) is 0 Å². The van der Waals surface area contributed by atoms with E-state index in [2.05, 4.69) is 36.9 Å². The molecule has 0 saturated heterocycles. The number of primary amides is 1. The summed E-state index contributed by atoms with van der Waals surface area (Å²) in [6.45, 7) is 4.58. The molecule has 0 fully saturated rings. The molecule has 0 aromatic carbocycles. The Kier molecular flexibility index (Phi) is 22.1. The first kappa shape index (κ1) is 49.4. The van der Waals surface area contributed by atoms with Crippen molar-refractivity contribution in [1.29, 1.82) is 0 Å². The van der Waals surface area contributed by atoms with E-state index in [0.29, 0.717) is 6.42 Å². The second kappa shape index (κ2) is 24.6. The van der Waals surface area contributed by atoms with Crippen LogP contribution in [0.1, 0.15) is 66.2 Å². The summed E-state index contributed by atoms with van der Waals surface area (Å²) in [5.41, 5.74) is 21.3. The van der Waals surface area contributed by atoms with Crippen molar-refractivity contribution in [1.82, 2.24) is 31.9 Å². The predicted octanol–water partition coefficient (Wildman–Crippen LogP) is -6.46. The molecular weight excluding hydrogens is 734 g/mol. The maximum atomic E-state index is 13.6. The van der Waals surface area contributed by atoms with Crippen molar-refractivity contribution in [2.45, 2.75) is 115 Å².